The number of rotatable bonds is 3. The van der Waals surface area contributed by atoms with E-state index in [2.05, 4.69) is 5.32 Å². The number of carbonyl (C=O) groups excluding carboxylic acids is 1. The predicted octanol–water partition coefficient (Wildman–Crippen LogP) is 0.0295. The zero-order chi connectivity index (χ0) is 11.4. The number of nitrogens with one attached hydrogen (secondary N) is 1. The van der Waals surface area contributed by atoms with Crippen LogP contribution in [0.1, 0.15) is 4.88 Å². The van der Waals surface area contributed by atoms with Gasteiger partial charge in [0.1, 0.15) is 0 Å². The molecule has 6 nitrogen and oxygen atoms in total. The Hall–Kier alpha value is -1.25. The van der Waals surface area contributed by atoms with E-state index in [-0.39, 0.29) is 11.4 Å². The number of amides is 1. The van der Waals surface area contributed by atoms with Gasteiger partial charge in [-0.3, -0.25) is 4.79 Å². The van der Waals surface area contributed by atoms with Crippen molar-refractivity contribution in [2.75, 3.05) is 0 Å². The molecule has 0 aliphatic heterocycles. The zero-order valence-corrected chi connectivity index (χ0v) is 8.93. The molecule has 3 N–H and O–H groups in total. The Morgan fingerprint density at radius 3 is 2.73 bits per heavy atom. The molecule has 15 heavy (non-hydrogen) atoms. The first-order valence-electron chi connectivity index (χ1n) is 3.70. The van der Waals surface area contributed by atoms with Crippen LogP contribution in [0.5, 0.6) is 0 Å². The maximum Gasteiger partial charge on any atom is 0.394 e. The lowest BCUT2D eigenvalue weighted by atomic mass is 10.4. The van der Waals surface area contributed by atoms with Crippen LogP contribution in [0, 0.1) is 0 Å². The molecule has 0 spiro atoms. The number of thiophene rings is 1. The lowest BCUT2D eigenvalue weighted by Gasteiger charge is -2.00. The highest BCUT2D eigenvalue weighted by atomic mass is 32.2. The lowest BCUT2D eigenvalue weighted by Crippen LogP contribution is -2.30. The number of hydrogen-bond acceptors (Lipinski definition) is 4. The minimum atomic E-state index is -2.12. The largest absolute Gasteiger partial charge is 0.474 e. The molecule has 0 aliphatic rings. The van der Waals surface area contributed by atoms with Crippen molar-refractivity contribution in [1.82, 2.24) is 5.32 Å². The van der Waals surface area contributed by atoms with Crippen molar-refractivity contribution in [3.63, 3.8) is 0 Å². The van der Waals surface area contributed by atoms with E-state index in [1.54, 1.807) is 5.38 Å². The van der Waals surface area contributed by atoms with Gasteiger partial charge in [0, 0.05) is 4.88 Å². The fourth-order valence-corrected chi connectivity index (χ4v) is 2.45. The highest BCUT2D eigenvalue weighted by molar-refractivity contribution is 7.79. The minimum absolute atomic E-state index is 0.0650. The summed E-state index contributed by atoms with van der Waals surface area (Å²) in [6.07, 6.45) is 0. The third-order valence-corrected chi connectivity index (χ3v) is 3.31. The van der Waals surface area contributed by atoms with Gasteiger partial charge in [0.25, 0.3) is 0 Å². The number of carboxylic acid groups (broad SMARTS) is 1. The molecule has 0 radical (unpaired) electrons. The maximum absolute atomic E-state index is 10.8. The summed E-state index contributed by atoms with van der Waals surface area (Å²) < 4.78 is 19.6. The SMILES string of the molecule is O=C(O)C(=O)NCc1sccc1S(=O)O. The summed E-state index contributed by atoms with van der Waals surface area (Å²) >= 11 is -0.952. The molecule has 82 valence electrons. The maximum atomic E-state index is 10.8. The monoisotopic (exact) mass is 249 g/mol. The average Bonchev–Trinajstić information content (AvgIpc) is 2.61. The van der Waals surface area contributed by atoms with Gasteiger partial charge >= 0.3 is 11.9 Å². The molecule has 1 aromatic heterocycles. The van der Waals surface area contributed by atoms with E-state index in [9.17, 15) is 13.8 Å². The second-order valence-corrected chi connectivity index (χ2v) is 4.38. The molecule has 1 aromatic rings. The second kappa shape index (κ2) is 5.01. The molecule has 0 bridgehead atoms. The van der Waals surface area contributed by atoms with E-state index in [0.717, 1.165) is 0 Å². The van der Waals surface area contributed by atoms with E-state index >= 15 is 0 Å². The highest BCUT2D eigenvalue weighted by Gasteiger charge is 2.13. The zero-order valence-electron chi connectivity index (χ0n) is 7.30. The third-order valence-electron chi connectivity index (χ3n) is 1.50. The van der Waals surface area contributed by atoms with Gasteiger partial charge in [0.2, 0.25) is 0 Å². The Morgan fingerprint density at radius 1 is 1.53 bits per heavy atom. The molecule has 0 aliphatic carbocycles. The fourth-order valence-electron chi connectivity index (χ4n) is 0.850. The van der Waals surface area contributed by atoms with E-state index < -0.39 is 23.0 Å². The molecule has 1 amide bonds. The quantitative estimate of drug-likeness (QED) is 0.518. The van der Waals surface area contributed by atoms with Crippen LogP contribution >= 0.6 is 11.3 Å². The minimum Gasteiger partial charge on any atom is -0.474 e. The molecular formula is C7H7NO5S2. The summed E-state index contributed by atoms with van der Waals surface area (Å²) in [6, 6.07) is 1.45. The van der Waals surface area contributed by atoms with Crippen molar-refractivity contribution in [2.24, 2.45) is 0 Å². The Bertz CT molecular complexity index is 413. The second-order valence-electron chi connectivity index (χ2n) is 2.45. The Labute approximate surface area is 91.2 Å². The first-order chi connectivity index (χ1) is 7.02. The standard InChI is InChI=1S/C7H7NO5S2/c9-6(7(10)11)8-3-4-5(15(12)13)1-2-14-4/h1-2H,3H2,(H,8,9)(H,10,11)(H,12,13). The average molecular weight is 249 g/mol. The van der Waals surface area contributed by atoms with Crippen LogP contribution in [-0.2, 0) is 27.2 Å². The molecule has 1 atom stereocenters. The normalized spacial score (nSPS) is 12.1. The third kappa shape index (κ3) is 3.11. The van der Waals surface area contributed by atoms with Gasteiger partial charge in [-0.05, 0) is 11.4 Å². The van der Waals surface area contributed by atoms with Crippen molar-refractivity contribution >= 4 is 34.3 Å². The van der Waals surface area contributed by atoms with E-state index in [1.165, 1.54) is 17.4 Å². The predicted molar refractivity (Wildman–Crippen MR) is 52.8 cm³/mol. The van der Waals surface area contributed by atoms with E-state index in [1.807, 2.05) is 0 Å². The van der Waals surface area contributed by atoms with Crippen LogP contribution in [-0.4, -0.2) is 25.7 Å². The fraction of sp³-hybridized carbons (Fsp3) is 0.143. The summed E-state index contributed by atoms with van der Waals surface area (Å²) in [5, 5.41) is 12.0. The van der Waals surface area contributed by atoms with Crippen molar-refractivity contribution < 1.29 is 23.5 Å². The summed E-state index contributed by atoms with van der Waals surface area (Å²) in [6.45, 7) is -0.0650. The van der Waals surface area contributed by atoms with Crippen LogP contribution in [0.25, 0.3) is 0 Å². The van der Waals surface area contributed by atoms with Gasteiger partial charge in [0.15, 0.2) is 11.1 Å². The smallest absolute Gasteiger partial charge is 0.394 e. The van der Waals surface area contributed by atoms with E-state index in [4.69, 9.17) is 9.66 Å². The highest BCUT2D eigenvalue weighted by Crippen LogP contribution is 2.19. The van der Waals surface area contributed by atoms with Gasteiger partial charge < -0.3 is 15.0 Å². The number of carboxylic acids is 1. The van der Waals surface area contributed by atoms with Gasteiger partial charge in [0.05, 0.1) is 11.4 Å². The summed E-state index contributed by atoms with van der Waals surface area (Å²) in [5.41, 5.74) is 0. The van der Waals surface area contributed by atoms with Crippen molar-refractivity contribution in [2.45, 2.75) is 11.4 Å². The Kier molecular flexibility index (Phi) is 3.95. The molecule has 1 rings (SSSR count). The van der Waals surface area contributed by atoms with Crippen LogP contribution in [0.2, 0.25) is 0 Å². The topological polar surface area (TPSA) is 104 Å². The Balaban J connectivity index is 2.65. The summed E-state index contributed by atoms with van der Waals surface area (Å²) in [7, 11) is 0. The first-order valence-corrected chi connectivity index (χ1v) is 5.69. The molecule has 0 saturated carbocycles. The van der Waals surface area contributed by atoms with Crippen LogP contribution in [0.3, 0.4) is 0 Å². The molecule has 8 heteroatoms. The molecule has 0 aromatic carbocycles. The molecular weight excluding hydrogens is 242 g/mol. The lowest BCUT2D eigenvalue weighted by molar-refractivity contribution is -0.150. The van der Waals surface area contributed by atoms with Gasteiger partial charge in [-0.2, -0.15) is 0 Å². The molecule has 0 fully saturated rings. The molecule has 1 unspecified atom stereocenters. The van der Waals surface area contributed by atoms with Crippen LogP contribution in [0.4, 0.5) is 0 Å². The molecule has 0 saturated heterocycles. The van der Waals surface area contributed by atoms with Crippen molar-refractivity contribution in [3.8, 4) is 0 Å². The van der Waals surface area contributed by atoms with Crippen molar-refractivity contribution in [1.29, 1.82) is 0 Å². The van der Waals surface area contributed by atoms with Gasteiger partial charge in [-0.15, -0.1) is 11.3 Å². The van der Waals surface area contributed by atoms with E-state index in [0.29, 0.717) is 4.88 Å². The van der Waals surface area contributed by atoms with Gasteiger partial charge in [-0.25, -0.2) is 9.00 Å². The summed E-state index contributed by atoms with van der Waals surface area (Å²) in [4.78, 5) is 21.5. The summed E-state index contributed by atoms with van der Waals surface area (Å²) in [5.74, 6) is -2.73. The van der Waals surface area contributed by atoms with Crippen LogP contribution in [0.15, 0.2) is 16.3 Å². The Morgan fingerprint density at radius 2 is 2.20 bits per heavy atom. The number of hydrogen-bond donors (Lipinski definition) is 3. The first kappa shape index (κ1) is 11.8. The molecule has 1 heterocycles. The number of carbonyl (C=O) groups is 2. The van der Waals surface area contributed by atoms with Gasteiger partial charge in [-0.1, -0.05) is 0 Å². The van der Waals surface area contributed by atoms with Crippen molar-refractivity contribution in [3.05, 3.63) is 16.3 Å². The number of aliphatic carboxylic acids is 1. The van der Waals surface area contributed by atoms with Crippen LogP contribution < -0.4 is 5.32 Å².